The lowest BCUT2D eigenvalue weighted by Gasteiger charge is -2.25. The highest BCUT2D eigenvalue weighted by molar-refractivity contribution is 5.88. The quantitative estimate of drug-likeness (QED) is 0.597. The van der Waals surface area contributed by atoms with Crippen molar-refractivity contribution in [3.63, 3.8) is 0 Å². The minimum Gasteiger partial charge on any atom is -0.423 e. The number of carbonyl (C=O) groups excluding carboxylic acids is 1. The van der Waals surface area contributed by atoms with Gasteiger partial charge in [-0.25, -0.2) is 4.79 Å². The smallest absolute Gasteiger partial charge is 0.336 e. The normalized spacial score (nSPS) is 26.4. The summed E-state index contributed by atoms with van der Waals surface area (Å²) in [7, 11) is 0. The van der Waals surface area contributed by atoms with Crippen LogP contribution >= 0.6 is 0 Å². The van der Waals surface area contributed by atoms with Gasteiger partial charge in [0.15, 0.2) is 0 Å². The zero-order valence-electron chi connectivity index (χ0n) is 8.96. The fourth-order valence-corrected chi connectivity index (χ4v) is 2.19. The average Bonchev–Trinajstić information content (AvgIpc) is 2.47. The molecular weight excluding hydrogens is 176 g/mol. The second kappa shape index (κ2) is 3.26. The van der Waals surface area contributed by atoms with E-state index in [2.05, 4.69) is 20.8 Å². The van der Waals surface area contributed by atoms with Crippen molar-refractivity contribution in [2.45, 2.75) is 33.6 Å². The topological polar surface area (TPSA) is 26.3 Å². The molecular formula is C12H16O2. The van der Waals surface area contributed by atoms with Crippen molar-refractivity contribution in [1.29, 1.82) is 0 Å². The highest BCUT2D eigenvalue weighted by Crippen LogP contribution is 2.40. The molecule has 76 valence electrons. The third kappa shape index (κ3) is 1.39. The van der Waals surface area contributed by atoms with E-state index in [1.165, 1.54) is 5.57 Å². The fraction of sp³-hybridized carbons (Fsp3) is 0.583. The van der Waals surface area contributed by atoms with E-state index in [1.54, 1.807) is 6.08 Å². The van der Waals surface area contributed by atoms with Crippen LogP contribution in [0.15, 0.2) is 23.0 Å². The Labute approximate surface area is 84.6 Å². The zero-order chi connectivity index (χ0) is 10.3. The van der Waals surface area contributed by atoms with Crippen molar-refractivity contribution in [2.24, 2.45) is 11.8 Å². The molecule has 2 nitrogen and oxygen atoms in total. The van der Waals surface area contributed by atoms with Crippen LogP contribution in [0.5, 0.6) is 0 Å². The fourth-order valence-electron chi connectivity index (χ4n) is 2.19. The van der Waals surface area contributed by atoms with Crippen molar-refractivity contribution >= 4 is 5.97 Å². The molecule has 0 aromatic carbocycles. The van der Waals surface area contributed by atoms with Gasteiger partial charge in [-0.15, -0.1) is 0 Å². The standard InChI is InChI=1S/C12H16O2/c1-7(2)9-5-4-8(3)10-6-11(13)14-12(9)10/h6-8H,4-5H2,1-3H3. The Morgan fingerprint density at radius 1 is 1.50 bits per heavy atom. The third-order valence-electron chi connectivity index (χ3n) is 3.10. The highest BCUT2D eigenvalue weighted by Gasteiger charge is 2.31. The van der Waals surface area contributed by atoms with Crippen LogP contribution < -0.4 is 0 Å². The number of carbonyl (C=O) groups is 1. The molecule has 14 heavy (non-hydrogen) atoms. The predicted octanol–water partition coefficient (Wildman–Crippen LogP) is 2.81. The van der Waals surface area contributed by atoms with Crippen LogP contribution in [0.1, 0.15) is 33.6 Å². The van der Waals surface area contributed by atoms with Gasteiger partial charge in [-0.05, 0) is 30.3 Å². The second-order valence-electron chi connectivity index (χ2n) is 4.47. The van der Waals surface area contributed by atoms with Gasteiger partial charge in [0.25, 0.3) is 0 Å². The molecule has 1 heterocycles. The summed E-state index contributed by atoms with van der Waals surface area (Å²) in [5.41, 5.74) is 2.42. The molecule has 0 N–H and O–H groups in total. The predicted molar refractivity (Wildman–Crippen MR) is 54.4 cm³/mol. The SMILES string of the molecule is CC(C)C1=C2OC(=O)C=C2C(C)CC1. The Balaban J connectivity index is 2.44. The number of ether oxygens (including phenoxy) is 1. The first-order valence-corrected chi connectivity index (χ1v) is 5.26. The largest absolute Gasteiger partial charge is 0.423 e. The van der Waals surface area contributed by atoms with E-state index in [-0.39, 0.29) is 5.97 Å². The van der Waals surface area contributed by atoms with Crippen LogP contribution in [-0.4, -0.2) is 5.97 Å². The van der Waals surface area contributed by atoms with Crippen LogP contribution in [0, 0.1) is 11.8 Å². The molecule has 1 unspecified atom stereocenters. The van der Waals surface area contributed by atoms with Crippen LogP contribution in [0.4, 0.5) is 0 Å². The molecule has 0 spiro atoms. The molecule has 0 amide bonds. The monoisotopic (exact) mass is 192 g/mol. The summed E-state index contributed by atoms with van der Waals surface area (Å²) >= 11 is 0. The Morgan fingerprint density at radius 3 is 2.86 bits per heavy atom. The van der Waals surface area contributed by atoms with E-state index in [9.17, 15) is 4.79 Å². The summed E-state index contributed by atoms with van der Waals surface area (Å²) in [6, 6.07) is 0. The van der Waals surface area contributed by atoms with E-state index in [4.69, 9.17) is 4.74 Å². The maximum atomic E-state index is 11.2. The molecule has 0 radical (unpaired) electrons. The van der Waals surface area contributed by atoms with Gasteiger partial charge in [0.1, 0.15) is 5.76 Å². The van der Waals surface area contributed by atoms with Gasteiger partial charge in [-0.2, -0.15) is 0 Å². The molecule has 2 heteroatoms. The van der Waals surface area contributed by atoms with Crippen LogP contribution in [0.2, 0.25) is 0 Å². The zero-order valence-corrected chi connectivity index (χ0v) is 8.96. The molecule has 0 saturated carbocycles. The maximum absolute atomic E-state index is 11.2. The molecule has 0 bridgehead atoms. The second-order valence-corrected chi connectivity index (χ2v) is 4.47. The molecule has 1 atom stereocenters. The van der Waals surface area contributed by atoms with Gasteiger partial charge >= 0.3 is 5.97 Å². The van der Waals surface area contributed by atoms with Gasteiger partial charge in [-0.3, -0.25) is 0 Å². The van der Waals surface area contributed by atoms with E-state index < -0.39 is 0 Å². The number of hydrogen-bond acceptors (Lipinski definition) is 2. The third-order valence-corrected chi connectivity index (χ3v) is 3.10. The van der Waals surface area contributed by atoms with Crippen molar-refractivity contribution in [2.75, 3.05) is 0 Å². The molecule has 0 fully saturated rings. The number of esters is 1. The van der Waals surface area contributed by atoms with E-state index in [0.717, 1.165) is 24.2 Å². The summed E-state index contributed by atoms with van der Waals surface area (Å²) in [6.07, 6.45) is 3.86. The summed E-state index contributed by atoms with van der Waals surface area (Å²) in [4.78, 5) is 11.2. The summed E-state index contributed by atoms with van der Waals surface area (Å²) in [5, 5.41) is 0. The van der Waals surface area contributed by atoms with Crippen molar-refractivity contribution < 1.29 is 9.53 Å². The first-order chi connectivity index (χ1) is 6.59. The lowest BCUT2D eigenvalue weighted by molar-refractivity contribution is -0.132. The molecule has 2 aliphatic rings. The lowest BCUT2D eigenvalue weighted by Crippen LogP contribution is -2.13. The minimum absolute atomic E-state index is 0.193. The Hall–Kier alpha value is -1.05. The first-order valence-electron chi connectivity index (χ1n) is 5.26. The van der Waals surface area contributed by atoms with Gasteiger partial charge in [-0.1, -0.05) is 20.8 Å². The number of hydrogen-bond donors (Lipinski definition) is 0. The number of rotatable bonds is 1. The van der Waals surface area contributed by atoms with Crippen molar-refractivity contribution in [3.05, 3.63) is 23.0 Å². The summed E-state index contributed by atoms with van der Waals surface area (Å²) in [5.74, 6) is 1.64. The lowest BCUT2D eigenvalue weighted by atomic mass is 9.81. The Morgan fingerprint density at radius 2 is 2.21 bits per heavy atom. The van der Waals surface area contributed by atoms with E-state index in [0.29, 0.717) is 11.8 Å². The summed E-state index contributed by atoms with van der Waals surface area (Å²) < 4.78 is 5.26. The van der Waals surface area contributed by atoms with Gasteiger partial charge in [0, 0.05) is 11.6 Å². The molecule has 0 aromatic heterocycles. The molecule has 0 aromatic rings. The summed E-state index contributed by atoms with van der Waals surface area (Å²) in [6.45, 7) is 6.47. The van der Waals surface area contributed by atoms with Crippen molar-refractivity contribution in [3.8, 4) is 0 Å². The molecule has 1 aliphatic heterocycles. The molecule has 1 aliphatic carbocycles. The molecule has 2 rings (SSSR count). The minimum atomic E-state index is -0.193. The van der Waals surface area contributed by atoms with Crippen LogP contribution in [0.3, 0.4) is 0 Å². The van der Waals surface area contributed by atoms with E-state index in [1.807, 2.05) is 0 Å². The Bertz CT molecular complexity index is 334. The number of fused-ring (bicyclic) bond motifs is 1. The number of allylic oxidation sites excluding steroid dienone is 2. The van der Waals surface area contributed by atoms with Gasteiger partial charge < -0.3 is 4.74 Å². The average molecular weight is 192 g/mol. The van der Waals surface area contributed by atoms with Crippen molar-refractivity contribution in [1.82, 2.24) is 0 Å². The van der Waals surface area contributed by atoms with E-state index >= 15 is 0 Å². The van der Waals surface area contributed by atoms with Gasteiger partial charge in [0.05, 0.1) is 0 Å². The first kappa shape index (κ1) is 9.50. The van der Waals surface area contributed by atoms with Gasteiger partial charge in [0.2, 0.25) is 0 Å². The maximum Gasteiger partial charge on any atom is 0.336 e. The Kier molecular flexibility index (Phi) is 2.22. The highest BCUT2D eigenvalue weighted by atomic mass is 16.5. The van der Waals surface area contributed by atoms with Crippen LogP contribution in [-0.2, 0) is 9.53 Å². The molecule has 0 saturated heterocycles. The van der Waals surface area contributed by atoms with Crippen LogP contribution in [0.25, 0.3) is 0 Å².